The van der Waals surface area contributed by atoms with Crippen molar-refractivity contribution < 1.29 is 26.4 Å². The van der Waals surface area contributed by atoms with E-state index in [2.05, 4.69) is 4.72 Å². The van der Waals surface area contributed by atoms with Crippen molar-refractivity contribution in [3.05, 3.63) is 65.2 Å². The first kappa shape index (κ1) is 19.1. The summed E-state index contributed by atoms with van der Waals surface area (Å²) in [6, 6.07) is 9.94. The summed E-state index contributed by atoms with van der Waals surface area (Å²) >= 11 is 0. The maximum Gasteiger partial charge on any atom is 0.416 e. The fourth-order valence-corrected chi connectivity index (χ4v) is 3.22. The molecular weight excluding hydrogens is 355 g/mol. The average Bonchev–Trinajstić information content (AvgIpc) is 2.59. The van der Waals surface area contributed by atoms with Crippen LogP contribution in [0.25, 0.3) is 0 Å². The third-order valence-electron chi connectivity index (χ3n) is 3.51. The van der Waals surface area contributed by atoms with Gasteiger partial charge >= 0.3 is 6.18 Å². The Bertz CT molecular complexity index is 877. The quantitative estimate of drug-likeness (QED) is 0.786. The van der Waals surface area contributed by atoms with Gasteiger partial charge in [-0.1, -0.05) is 37.3 Å². The standard InChI is InChI=1S/C17H16F3NO3S/c1-2-16(22)13-6-4-8-15(10-13)25(23,24)21-11-12-5-3-7-14(9-12)17(18,19)20/h3-10,21H,2,11H2,1H3. The van der Waals surface area contributed by atoms with E-state index < -0.39 is 21.8 Å². The van der Waals surface area contributed by atoms with Gasteiger partial charge in [-0.2, -0.15) is 13.2 Å². The second-order valence-electron chi connectivity index (χ2n) is 5.33. The van der Waals surface area contributed by atoms with Gasteiger partial charge in [-0.05, 0) is 23.8 Å². The smallest absolute Gasteiger partial charge is 0.294 e. The van der Waals surface area contributed by atoms with Gasteiger partial charge in [0.25, 0.3) is 0 Å². The van der Waals surface area contributed by atoms with Crippen molar-refractivity contribution in [2.45, 2.75) is 31.0 Å². The van der Waals surface area contributed by atoms with Crippen LogP contribution in [0.1, 0.15) is 34.8 Å². The minimum absolute atomic E-state index is 0.112. The molecule has 2 aromatic carbocycles. The summed E-state index contributed by atoms with van der Waals surface area (Å²) in [5.74, 6) is -0.199. The number of rotatable bonds is 6. The second-order valence-corrected chi connectivity index (χ2v) is 7.09. The molecule has 0 heterocycles. The van der Waals surface area contributed by atoms with Gasteiger partial charge in [0.15, 0.2) is 5.78 Å². The summed E-state index contributed by atoms with van der Waals surface area (Å²) in [6.45, 7) is 1.37. The lowest BCUT2D eigenvalue weighted by molar-refractivity contribution is -0.137. The topological polar surface area (TPSA) is 63.2 Å². The van der Waals surface area contributed by atoms with Crippen LogP contribution in [0.4, 0.5) is 13.2 Å². The van der Waals surface area contributed by atoms with Crippen LogP contribution in [-0.2, 0) is 22.7 Å². The number of benzene rings is 2. The van der Waals surface area contributed by atoms with Gasteiger partial charge in [0, 0.05) is 18.5 Å². The molecule has 4 nitrogen and oxygen atoms in total. The first-order chi connectivity index (χ1) is 11.6. The van der Waals surface area contributed by atoms with Crippen LogP contribution in [0.3, 0.4) is 0 Å². The summed E-state index contributed by atoms with van der Waals surface area (Å²) in [7, 11) is -3.95. The Hall–Kier alpha value is -2.19. The highest BCUT2D eigenvalue weighted by molar-refractivity contribution is 7.89. The minimum atomic E-state index is -4.50. The number of alkyl halides is 3. The van der Waals surface area contributed by atoms with Crippen molar-refractivity contribution in [2.75, 3.05) is 0 Å². The van der Waals surface area contributed by atoms with Gasteiger partial charge in [0.1, 0.15) is 0 Å². The molecule has 25 heavy (non-hydrogen) atoms. The van der Waals surface area contributed by atoms with E-state index in [4.69, 9.17) is 0 Å². The molecule has 0 saturated heterocycles. The number of ketones is 1. The van der Waals surface area contributed by atoms with E-state index >= 15 is 0 Å². The molecule has 0 aliphatic rings. The van der Waals surface area contributed by atoms with Crippen LogP contribution in [0.2, 0.25) is 0 Å². The number of hydrogen-bond donors (Lipinski definition) is 1. The number of carbonyl (C=O) groups excluding carboxylic acids is 1. The van der Waals surface area contributed by atoms with Crippen molar-refractivity contribution in [3.8, 4) is 0 Å². The third-order valence-corrected chi connectivity index (χ3v) is 4.91. The Labute approximate surface area is 143 Å². The molecular formula is C17H16F3NO3S. The summed E-state index contributed by atoms with van der Waals surface area (Å²) < 4.78 is 64.9. The number of nitrogens with one attached hydrogen (secondary N) is 1. The van der Waals surface area contributed by atoms with E-state index in [9.17, 15) is 26.4 Å². The highest BCUT2D eigenvalue weighted by atomic mass is 32.2. The van der Waals surface area contributed by atoms with Crippen LogP contribution >= 0.6 is 0 Å². The third kappa shape index (κ3) is 4.90. The molecule has 0 radical (unpaired) electrons. The van der Waals surface area contributed by atoms with Gasteiger partial charge < -0.3 is 0 Å². The number of halogens is 3. The molecule has 0 atom stereocenters. The lowest BCUT2D eigenvalue weighted by Gasteiger charge is -2.10. The largest absolute Gasteiger partial charge is 0.416 e. The molecule has 0 unspecified atom stereocenters. The maximum absolute atomic E-state index is 12.7. The zero-order chi connectivity index (χ0) is 18.7. The van der Waals surface area contributed by atoms with E-state index in [0.29, 0.717) is 0 Å². The molecule has 134 valence electrons. The molecule has 0 bridgehead atoms. The normalized spacial score (nSPS) is 12.2. The highest BCUT2D eigenvalue weighted by Crippen LogP contribution is 2.29. The summed E-state index contributed by atoms with van der Waals surface area (Å²) in [5.41, 5.74) is -0.400. The molecule has 0 amide bonds. The predicted octanol–water partition coefficient (Wildman–Crippen LogP) is 3.78. The number of hydrogen-bond acceptors (Lipinski definition) is 3. The van der Waals surface area contributed by atoms with Gasteiger partial charge in [-0.25, -0.2) is 13.1 Å². The van der Waals surface area contributed by atoms with Crippen molar-refractivity contribution in [3.63, 3.8) is 0 Å². The Morgan fingerprint density at radius 1 is 1.08 bits per heavy atom. The molecule has 0 spiro atoms. The molecule has 0 aliphatic heterocycles. The zero-order valence-corrected chi connectivity index (χ0v) is 14.1. The molecule has 8 heteroatoms. The van der Waals surface area contributed by atoms with Gasteiger partial charge in [0.05, 0.1) is 10.5 Å². The van der Waals surface area contributed by atoms with Crippen LogP contribution in [0.15, 0.2) is 53.4 Å². The molecule has 1 N–H and O–H groups in total. The monoisotopic (exact) mass is 371 g/mol. The molecule has 0 aliphatic carbocycles. The van der Waals surface area contributed by atoms with Crippen LogP contribution in [0, 0.1) is 0 Å². The Kier molecular flexibility index (Phi) is 5.64. The fraction of sp³-hybridized carbons (Fsp3) is 0.235. The first-order valence-corrected chi connectivity index (χ1v) is 8.91. The molecule has 2 rings (SSSR count). The van der Waals surface area contributed by atoms with Crippen LogP contribution < -0.4 is 4.72 Å². The highest BCUT2D eigenvalue weighted by Gasteiger charge is 2.30. The zero-order valence-electron chi connectivity index (χ0n) is 13.3. The Balaban J connectivity index is 2.19. The Morgan fingerprint density at radius 2 is 1.76 bits per heavy atom. The van der Waals surface area contributed by atoms with Crippen molar-refractivity contribution in [1.82, 2.24) is 4.72 Å². The SMILES string of the molecule is CCC(=O)c1cccc(S(=O)(=O)NCc2cccc(C(F)(F)F)c2)c1. The van der Waals surface area contributed by atoms with E-state index in [-0.39, 0.29) is 34.8 Å². The maximum atomic E-state index is 12.7. The number of sulfonamides is 1. The van der Waals surface area contributed by atoms with Crippen molar-refractivity contribution in [1.29, 1.82) is 0 Å². The lowest BCUT2D eigenvalue weighted by atomic mass is 10.1. The lowest BCUT2D eigenvalue weighted by Crippen LogP contribution is -2.23. The number of carbonyl (C=O) groups is 1. The molecule has 0 aromatic heterocycles. The fourth-order valence-electron chi connectivity index (χ4n) is 2.16. The summed E-state index contributed by atoms with van der Waals surface area (Å²) in [5, 5.41) is 0. The number of Topliss-reactive ketones (excluding diaryl/α,β-unsaturated/α-hetero) is 1. The van der Waals surface area contributed by atoms with E-state index in [0.717, 1.165) is 12.1 Å². The van der Waals surface area contributed by atoms with Gasteiger partial charge in [-0.3, -0.25) is 4.79 Å². The van der Waals surface area contributed by atoms with Crippen molar-refractivity contribution in [2.24, 2.45) is 0 Å². The summed E-state index contributed by atoms with van der Waals surface area (Å²) in [4.78, 5) is 11.6. The van der Waals surface area contributed by atoms with E-state index in [1.54, 1.807) is 6.92 Å². The van der Waals surface area contributed by atoms with Gasteiger partial charge in [-0.15, -0.1) is 0 Å². The van der Waals surface area contributed by atoms with Crippen molar-refractivity contribution >= 4 is 15.8 Å². The first-order valence-electron chi connectivity index (χ1n) is 7.42. The predicted molar refractivity (Wildman–Crippen MR) is 86.5 cm³/mol. The molecule has 2 aromatic rings. The Morgan fingerprint density at radius 3 is 2.40 bits per heavy atom. The van der Waals surface area contributed by atoms with Crippen LogP contribution in [-0.4, -0.2) is 14.2 Å². The molecule has 0 fully saturated rings. The van der Waals surface area contributed by atoms with E-state index in [1.165, 1.54) is 36.4 Å². The minimum Gasteiger partial charge on any atom is -0.294 e. The van der Waals surface area contributed by atoms with Crippen LogP contribution in [0.5, 0.6) is 0 Å². The summed E-state index contributed by atoms with van der Waals surface area (Å²) in [6.07, 6.45) is -4.26. The van der Waals surface area contributed by atoms with Gasteiger partial charge in [0.2, 0.25) is 10.0 Å². The van der Waals surface area contributed by atoms with E-state index in [1.807, 2.05) is 0 Å². The average molecular weight is 371 g/mol. The molecule has 0 saturated carbocycles. The second kappa shape index (κ2) is 7.37.